The molecule has 0 radical (unpaired) electrons. The highest BCUT2D eigenvalue weighted by Crippen LogP contribution is 2.19. The molecule has 0 aromatic carbocycles. The van der Waals surface area contributed by atoms with Crippen LogP contribution in [0.3, 0.4) is 0 Å². The molecule has 1 fully saturated rings. The highest BCUT2D eigenvalue weighted by atomic mass is 35.5. The molecule has 1 aliphatic rings. The number of carbonyl (C=O) groups excluding carboxylic acids is 1. The molecule has 158 valence electrons. The molecule has 1 amide bonds. The number of hydrogen-bond acceptors (Lipinski definition) is 10. The van der Waals surface area contributed by atoms with Crippen LogP contribution in [0.2, 0.25) is 0 Å². The van der Waals surface area contributed by atoms with E-state index in [9.17, 15) is 4.79 Å². The van der Waals surface area contributed by atoms with Crippen molar-refractivity contribution in [2.45, 2.75) is 26.3 Å². The summed E-state index contributed by atoms with van der Waals surface area (Å²) in [7, 11) is 0. The second-order valence-corrected chi connectivity index (χ2v) is 6.63. The summed E-state index contributed by atoms with van der Waals surface area (Å²) in [6, 6.07) is 3.65. The lowest BCUT2D eigenvalue weighted by Gasteiger charge is -2.13. The molecule has 0 unspecified atom stereocenters. The number of carbonyl (C=O) groups is 1. The number of nitrogen functional groups attached to an aromatic ring is 1. The minimum absolute atomic E-state index is 0. The van der Waals surface area contributed by atoms with E-state index in [1.165, 1.54) is 4.68 Å². The third kappa shape index (κ3) is 4.44. The molecule has 12 nitrogen and oxygen atoms in total. The summed E-state index contributed by atoms with van der Waals surface area (Å²) >= 11 is 0. The fraction of sp³-hybridized carbons (Fsp3) is 0.353. The second-order valence-electron chi connectivity index (χ2n) is 6.63. The third-order valence-electron chi connectivity index (χ3n) is 4.63. The van der Waals surface area contributed by atoms with Gasteiger partial charge in [0.15, 0.2) is 5.69 Å². The van der Waals surface area contributed by atoms with Gasteiger partial charge >= 0.3 is 0 Å². The van der Waals surface area contributed by atoms with Crippen LogP contribution in [0.5, 0.6) is 0 Å². The van der Waals surface area contributed by atoms with E-state index >= 15 is 0 Å². The van der Waals surface area contributed by atoms with E-state index in [2.05, 4.69) is 45.7 Å². The van der Waals surface area contributed by atoms with Gasteiger partial charge in [-0.25, -0.2) is 10.1 Å². The number of halogens is 1. The topological polar surface area (TPSA) is 153 Å². The summed E-state index contributed by atoms with van der Waals surface area (Å²) < 4.78 is 5.87. The van der Waals surface area contributed by atoms with Crippen molar-refractivity contribution in [3.05, 3.63) is 41.5 Å². The van der Waals surface area contributed by atoms with Crippen molar-refractivity contribution in [3.8, 4) is 5.82 Å². The van der Waals surface area contributed by atoms with Gasteiger partial charge in [-0.1, -0.05) is 11.3 Å². The number of nitrogens with one attached hydrogen (secondary N) is 1. The third-order valence-corrected chi connectivity index (χ3v) is 4.63. The number of hydrazone groups is 1. The summed E-state index contributed by atoms with van der Waals surface area (Å²) in [4.78, 5) is 19.2. The van der Waals surface area contributed by atoms with Crippen LogP contribution in [0.15, 0.2) is 34.3 Å². The lowest BCUT2D eigenvalue weighted by Crippen LogP contribution is -2.26. The van der Waals surface area contributed by atoms with Crippen LogP contribution in [0.1, 0.15) is 41.5 Å². The lowest BCUT2D eigenvalue weighted by molar-refractivity contribution is 0.0945. The van der Waals surface area contributed by atoms with Gasteiger partial charge in [-0.3, -0.25) is 14.7 Å². The Labute approximate surface area is 177 Å². The van der Waals surface area contributed by atoms with Gasteiger partial charge in [-0.15, -0.1) is 17.5 Å². The average Bonchev–Trinajstić information content (AvgIpc) is 3.48. The van der Waals surface area contributed by atoms with Gasteiger partial charge in [0.2, 0.25) is 11.6 Å². The Balaban J connectivity index is 0.00000256. The fourth-order valence-electron chi connectivity index (χ4n) is 3.11. The molecule has 0 bridgehead atoms. The highest BCUT2D eigenvalue weighted by molar-refractivity contribution is 6.00. The van der Waals surface area contributed by atoms with Crippen molar-refractivity contribution < 1.29 is 9.42 Å². The maximum Gasteiger partial charge on any atom is 0.292 e. The summed E-state index contributed by atoms with van der Waals surface area (Å²) in [6.07, 6.45) is 5.56. The van der Waals surface area contributed by atoms with Crippen LogP contribution in [-0.2, 0) is 6.54 Å². The Hall–Kier alpha value is -3.38. The molecule has 0 atom stereocenters. The molecule has 3 aromatic rings. The second kappa shape index (κ2) is 9.41. The number of rotatable bonds is 6. The molecule has 0 aliphatic carbocycles. The quantitative estimate of drug-likeness (QED) is 0.425. The minimum Gasteiger partial charge on any atom is -0.378 e. The van der Waals surface area contributed by atoms with Crippen LogP contribution < -0.4 is 11.2 Å². The number of aromatic nitrogens is 6. The Kier molecular flexibility index (Phi) is 6.69. The van der Waals surface area contributed by atoms with Crippen LogP contribution in [-0.4, -0.2) is 59.9 Å². The van der Waals surface area contributed by atoms with E-state index in [1.807, 2.05) is 6.07 Å². The van der Waals surface area contributed by atoms with Gasteiger partial charge in [0, 0.05) is 24.5 Å². The van der Waals surface area contributed by atoms with Crippen molar-refractivity contribution in [3.63, 3.8) is 0 Å². The number of nitrogens with zero attached hydrogens (tertiary/aromatic N) is 8. The largest absolute Gasteiger partial charge is 0.378 e. The molecule has 3 aromatic heterocycles. The summed E-state index contributed by atoms with van der Waals surface area (Å²) in [5, 5.41) is 19.7. The molecule has 0 spiro atoms. The molecule has 4 rings (SSSR count). The van der Waals surface area contributed by atoms with Crippen LogP contribution >= 0.6 is 12.4 Å². The minimum atomic E-state index is -0.491. The summed E-state index contributed by atoms with van der Waals surface area (Å²) in [5.41, 5.74) is 10.4. The van der Waals surface area contributed by atoms with E-state index in [0.29, 0.717) is 18.0 Å². The number of anilines is 1. The molecule has 1 saturated heterocycles. The highest BCUT2D eigenvalue weighted by Gasteiger charge is 2.27. The van der Waals surface area contributed by atoms with Crippen LogP contribution in [0, 0.1) is 0 Å². The van der Waals surface area contributed by atoms with E-state index in [4.69, 9.17) is 5.73 Å². The standard InChI is InChI=1S/C17H20N10O2.ClH/c1-11(12-5-4-6-19-9-12)20-22-17(28)14-13(10-26-7-2-3-8-26)21-25-27(14)16-15(18)23-29-24-16;/h4-6,9H,2-3,7-8,10H2,1H3,(H2,18,23)(H,22,28);1H/b20-11+;. The van der Waals surface area contributed by atoms with Gasteiger partial charge in [0.1, 0.15) is 5.69 Å². The van der Waals surface area contributed by atoms with E-state index < -0.39 is 5.91 Å². The molecule has 3 N–H and O–H groups in total. The monoisotopic (exact) mass is 432 g/mol. The molecular formula is C17H21ClN10O2. The lowest BCUT2D eigenvalue weighted by atomic mass is 10.2. The average molecular weight is 433 g/mol. The van der Waals surface area contributed by atoms with Crippen molar-refractivity contribution in [2.24, 2.45) is 5.10 Å². The zero-order chi connectivity index (χ0) is 20.2. The SMILES string of the molecule is C/C(=N\NC(=O)c1c(CN2CCCC2)nnn1-c1nonc1N)c1cccnc1.Cl. The molecular weight excluding hydrogens is 412 g/mol. The first-order valence-corrected chi connectivity index (χ1v) is 9.14. The predicted octanol–water partition coefficient (Wildman–Crippen LogP) is 0.799. The van der Waals surface area contributed by atoms with Gasteiger partial charge in [-0.2, -0.15) is 9.78 Å². The molecule has 1 aliphatic heterocycles. The van der Waals surface area contributed by atoms with E-state index in [0.717, 1.165) is 31.5 Å². The van der Waals surface area contributed by atoms with Crippen LogP contribution in [0.4, 0.5) is 5.82 Å². The first kappa shape index (κ1) is 21.3. The van der Waals surface area contributed by atoms with Crippen molar-refractivity contribution in [1.29, 1.82) is 0 Å². The Morgan fingerprint density at radius 1 is 1.33 bits per heavy atom. The molecule has 30 heavy (non-hydrogen) atoms. The molecule has 4 heterocycles. The normalized spacial score (nSPS) is 14.5. The van der Waals surface area contributed by atoms with Gasteiger partial charge < -0.3 is 5.73 Å². The van der Waals surface area contributed by atoms with Gasteiger partial charge in [0.05, 0.1) is 5.71 Å². The Morgan fingerprint density at radius 3 is 2.80 bits per heavy atom. The Morgan fingerprint density at radius 2 is 2.13 bits per heavy atom. The zero-order valence-corrected chi connectivity index (χ0v) is 17.0. The summed E-state index contributed by atoms with van der Waals surface area (Å²) in [6.45, 7) is 4.15. The number of amides is 1. The molecule has 0 saturated carbocycles. The van der Waals surface area contributed by atoms with Crippen LogP contribution in [0.25, 0.3) is 5.82 Å². The van der Waals surface area contributed by atoms with Crippen molar-refractivity contribution in [2.75, 3.05) is 18.8 Å². The summed E-state index contributed by atoms with van der Waals surface area (Å²) in [5.74, 6) is -0.384. The first-order valence-electron chi connectivity index (χ1n) is 9.14. The van der Waals surface area contributed by atoms with E-state index in [1.54, 1.807) is 25.4 Å². The fourth-order valence-corrected chi connectivity index (χ4v) is 3.11. The predicted molar refractivity (Wildman–Crippen MR) is 109 cm³/mol. The smallest absolute Gasteiger partial charge is 0.292 e. The van der Waals surface area contributed by atoms with Crippen molar-refractivity contribution >= 4 is 29.8 Å². The first-order chi connectivity index (χ1) is 14.1. The molecule has 13 heteroatoms. The number of hydrogen-bond donors (Lipinski definition) is 2. The maximum atomic E-state index is 13.0. The van der Waals surface area contributed by atoms with E-state index in [-0.39, 0.29) is 29.7 Å². The number of pyridine rings is 1. The van der Waals surface area contributed by atoms with Gasteiger partial charge in [0.25, 0.3) is 5.91 Å². The zero-order valence-electron chi connectivity index (χ0n) is 16.2. The number of likely N-dealkylation sites (tertiary alicyclic amines) is 1. The Bertz CT molecular complexity index is 1030. The van der Waals surface area contributed by atoms with Crippen molar-refractivity contribution in [1.82, 2.24) is 40.6 Å². The maximum absolute atomic E-state index is 13.0. The number of nitrogens with two attached hydrogens (primary N) is 1. The van der Waals surface area contributed by atoms with Gasteiger partial charge in [-0.05, 0) is 49.2 Å².